The summed E-state index contributed by atoms with van der Waals surface area (Å²) in [6.45, 7) is 0. The van der Waals surface area contributed by atoms with Crippen molar-refractivity contribution in [3.63, 3.8) is 0 Å². The van der Waals surface area contributed by atoms with Crippen LogP contribution in [0.15, 0.2) is 18.2 Å². The molecule has 2 aliphatic rings. The molecule has 0 aromatic heterocycles. The van der Waals surface area contributed by atoms with Gasteiger partial charge in [-0.05, 0) is 12.1 Å². The maximum atomic E-state index is 11.5. The highest BCUT2D eigenvalue weighted by atomic mass is 35.5. The Hall–Kier alpha value is -0.940. The molecule has 86 valence electrons. The summed E-state index contributed by atoms with van der Waals surface area (Å²) in [4.78, 5) is 0. The summed E-state index contributed by atoms with van der Waals surface area (Å²) >= 11 is 5.85. The van der Waals surface area contributed by atoms with E-state index in [2.05, 4.69) is 5.32 Å². The number of ether oxygens (including phenoxy) is 1. The fourth-order valence-corrected chi connectivity index (χ4v) is 4.09. The van der Waals surface area contributed by atoms with Gasteiger partial charge >= 0.3 is 0 Å². The second-order valence-corrected chi connectivity index (χ2v) is 6.71. The molecule has 1 aromatic rings. The Bertz CT molecular complexity index is 543. The van der Waals surface area contributed by atoms with E-state index >= 15 is 0 Å². The third-order valence-electron chi connectivity index (χ3n) is 2.86. The van der Waals surface area contributed by atoms with Crippen LogP contribution in [0.1, 0.15) is 0 Å². The molecule has 0 amide bonds. The topological polar surface area (TPSA) is 55.4 Å². The van der Waals surface area contributed by atoms with Gasteiger partial charge in [-0.15, -0.1) is 0 Å². The van der Waals surface area contributed by atoms with Crippen molar-refractivity contribution in [1.82, 2.24) is 0 Å². The lowest BCUT2D eigenvalue weighted by atomic mass is 10.1. The lowest BCUT2D eigenvalue weighted by Gasteiger charge is -2.29. The van der Waals surface area contributed by atoms with Crippen molar-refractivity contribution < 1.29 is 13.2 Å². The molecule has 1 saturated heterocycles. The first-order chi connectivity index (χ1) is 7.53. The molecular weight excluding hydrogens is 250 g/mol. The maximum Gasteiger partial charge on any atom is 0.156 e. The highest BCUT2D eigenvalue weighted by Gasteiger charge is 2.42. The zero-order chi connectivity index (χ0) is 11.3. The average Bonchev–Trinajstić information content (AvgIpc) is 2.47. The summed E-state index contributed by atoms with van der Waals surface area (Å²) in [5.74, 6) is 0.849. The Labute approximate surface area is 98.5 Å². The maximum absolute atomic E-state index is 11.5. The van der Waals surface area contributed by atoms with Crippen LogP contribution in [0.3, 0.4) is 0 Å². The summed E-state index contributed by atoms with van der Waals surface area (Å²) in [6, 6.07) is 5.11. The van der Waals surface area contributed by atoms with Crippen molar-refractivity contribution in [2.75, 3.05) is 16.8 Å². The van der Waals surface area contributed by atoms with E-state index in [9.17, 15) is 8.42 Å². The van der Waals surface area contributed by atoms with E-state index in [1.807, 2.05) is 0 Å². The van der Waals surface area contributed by atoms with Crippen molar-refractivity contribution in [1.29, 1.82) is 0 Å². The van der Waals surface area contributed by atoms with Crippen molar-refractivity contribution in [3.8, 4) is 5.75 Å². The van der Waals surface area contributed by atoms with Gasteiger partial charge in [0.05, 0.1) is 23.2 Å². The van der Waals surface area contributed by atoms with Gasteiger partial charge in [0.15, 0.2) is 9.84 Å². The van der Waals surface area contributed by atoms with Gasteiger partial charge in [0.1, 0.15) is 11.9 Å². The van der Waals surface area contributed by atoms with Crippen LogP contribution in [-0.4, -0.2) is 32.1 Å². The van der Waals surface area contributed by atoms with Crippen LogP contribution in [0.4, 0.5) is 5.69 Å². The Morgan fingerprint density at radius 2 is 2.19 bits per heavy atom. The predicted molar refractivity (Wildman–Crippen MR) is 61.9 cm³/mol. The van der Waals surface area contributed by atoms with Crippen LogP contribution >= 0.6 is 11.6 Å². The highest BCUT2D eigenvalue weighted by Crippen LogP contribution is 2.36. The van der Waals surface area contributed by atoms with Gasteiger partial charge in [0.25, 0.3) is 0 Å². The SMILES string of the molecule is O=S1(=O)CC2Nc3ccc(Cl)cc3OC2C1. The number of sulfone groups is 1. The lowest BCUT2D eigenvalue weighted by Crippen LogP contribution is -2.40. The van der Waals surface area contributed by atoms with Crippen molar-refractivity contribution in [2.24, 2.45) is 0 Å². The molecule has 6 heteroatoms. The molecule has 2 aliphatic heterocycles. The summed E-state index contributed by atoms with van der Waals surface area (Å²) in [5, 5.41) is 3.76. The first-order valence-corrected chi connectivity index (χ1v) is 7.17. The number of hydrogen-bond donors (Lipinski definition) is 1. The van der Waals surface area contributed by atoms with Crippen LogP contribution in [-0.2, 0) is 9.84 Å². The fraction of sp³-hybridized carbons (Fsp3) is 0.400. The Morgan fingerprint density at radius 1 is 1.38 bits per heavy atom. The molecule has 2 heterocycles. The van der Waals surface area contributed by atoms with Crippen LogP contribution in [0.25, 0.3) is 0 Å². The molecule has 16 heavy (non-hydrogen) atoms. The van der Waals surface area contributed by atoms with Crippen LogP contribution in [0, 0.1) is 0 Å². The molecular formula is C10H10ClNO3S. The quantitative estimate of drug-likeness (QED) is 0.763. The minimum atomic E-state index is -2.98. The van der Waals surface area contributed by atoms with Crippen molar-refractivity contribution >= 4 is 27.1 Å². The molecule has 3 rings (SSSR count). The van der Waals surface area contributed by atoms with Gasteiger partial charge in [-0.25, -0.2) is 8.42 Å². The van der Waals surface area contributed by atoms with Crippen LogP contribution in [0.5, 0.6) is 5.75 Å². The normalized spacial score (nSPS) is 29.8. The number of anilines is 1. The fourth-order valence-electron chi connectivity index (χ4n) is 2.14. The third kappa shape index (κ3) is 1.64. The van der Waals surface area contributed by atoms with Crippen LogP contribution in [0.2, 0.25) is 5.02 Å². The number of benzene rings is 1. The molecule has 0 radical (unpaired) electrons. The largest absolute Gasteiger partial charge is 0.485 e. The zero-order valence-electron chi connectivity index (χ0n) is 8.31. The monoisotopic (exact) mass is 259 g/mol. The van der Waals surface area contributed by atoms with Gasteiger partial charge in [-0.3, -0.25) is 0 Å². The Kier molecular flexibility index (Phi) is 2.09. The van der Waals surface area contributed by atoms with E-state index in [1.165, 1.54) is 0 Å². The minimum Gasteiger partial charge on any atom is -0.485 e. The molecule has 2 unspecified atom stereocenters. The highest BCUT2D eigenvalue weighted by molar-refractivity contribution is 7.91. The Morgan fingerprint density at radius 3 is 3.00 bits per heavy atom. The number of fused-ring (bicyclic) bond motifs is 2. The Balaban J connectivity index is 1.97. The van der Waals surface area contributed by atoms with E-state index in [0.717, 1.165) is 5.69 Å². The minimum absolute atomic E-state index is 0.0800. The van der Waals surface area contributed by atoms with E-state index in [0.29, 0.717) is 10.8 Å². The lowest BCUT2D eigenvalue weighted by molar-refractivity contribution is 0.206. The van der Waals surface area contributed by atoms with Gasteiger partial charge in [-0.1, -0.05) is 11.6 Å². The third-order valence-corrected chi connectivity index (χ3v) is 4.80. The van der Waals surface area contributed by atoms with E-state index in [4.69, 9.17) is 16.3 Å². The smallest absolute Gasteiger partial charge is 0.156 e. The summed E-state index contributed by atoms with van der Waals surface area (Å²) < 4.78 is 28.6. The van der Waals surface area contributed by atoms with Gasteiger partial charge in [-0.2, -0.15) is 0 Å². The summed E-state index contributed by atoms with van der Waals surface area (Å²) in [5.41, 5.74) is 0.808. The van der Waals surface area contributed by atoms with E-state index in [-0.39, 0.29) is 23.7 Å². The molecule has 0 bridgehead atoms. The number of nitrogens with one attached hydrogen (secondary N) is 1. The van der Waals surface area contributed by atoms with Gasteiger partial charge < -0.3 is 10.1 Å². The van der Waals surface area contributed by atoms with Gasteiger partial charge in [0.2, 0.25) is 0 Å². The van der Waals surface area contributed by atoms with Crippen molar-refractivity contribution in [3.05, 3.63) is 23.2 Å². The molecule has 0 aliphatic carbocycles. The number of hydrogen-bond acceptors (Lipinski definition) is 4. The second kappa shape index (κ2) is 3.28. The average molecular weight is 260 g/mol. The number of halogens is 1. The van der Waals surface area contributed by atoms with Gasteiger partial charge in [0, 0.05) is 11.1 Å². The molecule has 1 aromatic carbocycles. The standard InChI is InChI=1S/C10H10ClNO3S/c11-6-1-2-7-9(3-6)15-10-5-16(13,14)4-8(10)12-7/h1-3,8,10,12H,4-5H2. The second-order valence-electron chi connectivity index (χ2n) is 4.12. The molecule has 4 nitrogen and oxygen atoms in total. The van der Waals surface area contributed by atoms with Crippen LogP contribution < -0.4 is 10.1 Å². The molecule has 0 saturated carbocycles. The zero-order valence-corrected chi connectivity index (χ0v) is 9.88. The molecule has 0 spiro atoms. The summed E-state index contributed by atoms with van der Waals surface area (Å²) in [7, 11) is -2.98. The molecule has 1 N–H and O–H groups in total. The van der Waals surface area contributed by atoms with E-state index in [1.54, 1.807) is 18.2 Å². The predicted octanol–water partition coefficient (Wildman–Crippen LogP) is 1.31. The molecule has 1 fully saturated rings. The first-order valence-electron chi connectivity index (χ1n) is 4.97. The summed E-state index contributed by atoms with van der Waals surface area (Å²) in [6.07, 6.45) is -0.295. The van der Waals surface area contributed by atoms with Crippen molar-refractivity contribution in [2.45, 2.75) is 12.1 Å². The number of rotatable bonds is 0. The first kappa shape index (κ1) is 10.2. The van der Waals surface area contributed by atoms with E-state index < -0.39 is 9.84 Å². The molecule has 2 atom stereocenters.